The fourth-order valence-electron chi connectivity index (χ4n) is 5.18. The van der Waals surface area contributed by atoms with Crippen molar-refractivity contribution >= 4 is 5.83 Å². The topological polar surface area (TPSA) is 9.23 Å². The first-order valence-electron chi connectivity index (χ1n) is 13.9. The van der Waals surface area contributed by atoms with Gasteiger partial charge < -0.3 is 4.74 Å². The summed E-state index contributed by atoms with van der Waals surface area (Å²) in [5, 5.41) is 0. The predicted octanol–water partition coefficient (Wildman–Crippen LogP) is 10.3. The molecular formula is C33H34F6O. The van der Waals surface area contributed by atoms with Crippen molar-refractivity contribution in [2.75, 3.05) is 6.61 Å². The van der Waals surface area contributed by atoms with E-state index < -0.39 is 35.5 Å². The smallest absolute Gasteiger partial charge is 0.161 e. The molecule has 1 heterocycles. The third kappa shape index (κ3) is 7.36. The van der Waals surface area contributed by atoms with Gasteiger partial charge >= 0.3 is 0 Å². The molecule has 3 aromatic carbocycles. The van der Waals surface area contributed by atoms with Gasteiger partial charge in [-0.05, 0) is 72.6 Å². The number of unbranched alkanes of at least 4 members (excludes halogenated alkanes) is 2. The van der Waals surface area contributed by atoms with E-state index in [1.54, 1.807) is 24.3 Å². The molecule has 0 bridgehead atoms. The number of alkyl halides is 1. The van der Waals surface area contributed by atoms with E-state index in [9.17, 15) is 22.0 Å². The molecule has 40 heavy (non-hydrogen) atoms. The summed E-state index contributed by atoms with van der Waals surface area (Å²) < 4.78 is 90.0. The SMILES string of the molecule is CCCCCC(F)=C(F)c1ccc(-c2ccc(C3CCC(CCc4cc(F)c(CF)c(F)c4)OC3)c(F)c2)cc1. The Bertz CT molecular complexity index is 1290. The molecule has 0 aromatic heterocycles. The lowest BCUT2D eigenvalue weighted by Crippen LogP contribution is -2.25. The first kappa shape index (κ1) is 29.9. The summed E-state index contributed by atoms with van der Waals surface area (Å²) in [6.07, 6.45) is 4.66. The zero-order chi connectivity index (χ0) is 28.6. The van der Waals surface area contributed by atoms with Crippen LogP contribution in [0.1, 0.15) is 80.0 Å². The molecule has 3 aromatic rings. The first-order chi connectivity index (χ1) is 19.3. The molecular weight excluding hydrogens is 526 g/mol. The van der Waals surface area contributed by atoms with E-state index in [0.717, 1.165) is 25.0 Å². The van der Waals surface area contributed by atoms with Crippen LogP contribution in [0.25, 0.3) is 17.0 Å². The number of aryl methyl sites for hydroxylation is 1. The maximum Gasteiger partial charge on any atom is 0.161 e. The van der Waals surface area contributed by atoms with E-state index in [-0.39, 0.29) is 29.8 Å². The van der Waals surface area contributed by atoms with E-state index in [1.165, 1.54) is 18.2 Å². The largest absolute Gasteiger partial charge is 0.378 e. The summed E-state index contributed by atoms with van der Waals surface area (Å²) in [4.78, 5) is 0. The Morgan fingerprint density at radius 1 is 0.850 bits per heavy atom. The highest BCUT2D eigenvalue weighted by atomic mass is 19.2. The van der Waals surface area contributed by atoms with Gasteiger partial charge in [0.25, 0.3) is 0 Å². The summed E-state index contributed by atoms with van der Waals surface area (Å²) in [7, 11) is 0. The van der Waals surface area contributed by atoms with Gasteiger partial charge in [-0.1, -0.05) is 56.2 Å². The highest BCUT2D eigenvalue weighted by molar-refractivity contribution is 5.68. The molecule has 4 rings (SSSR count). The quantitative estimate of drug-likeness (QED) is 0.167. The van der Waals surface area contributed by atoms with Crippen molar-refractivity contribution in [3.05, 3.63) is 100 Å². The van der Waals surface area contributed by atoms with Crippen LogP contribution in [0.5, 0.6) is 0 Å². The molecule has 0 saturated carbocycles. The predicted molar refractivity (Wildman–Crippen MR) is 146 cm³/mol. The number of hydrogen-bond acceptors (Lipinski definition) is 1. The lowest BCUT2D eigenvalue weighted by Gasteiger charge is -2.29. The Hall–Kier alpha value is -3.06. The van der Waals surface area contributed by atoms with E-state index in [1.807, 2.05) is 6.92 Å². The molecule has 0 aliphatic carbocycles. The van der Waals surface area contributed by atoms with Gasteiger partial charge in [-0.15, -0.1) is 0 Å². The van der Waals surface area contributed by atoms with Crippen LogP contribution in [0, 0.1) is 17.5 Å². The normalized spacial score (nSPS) is 18.1. The van der Waals surface area contributed by atoms with Crippen LogP contribution in [-0.2, 0) is 17.8 Å². The highest BCUT2D eigenvalue weighted by Crippen LogP contribution is 2.34. The summed E-state index contributed by atoms with van der Waals surface area (Å²) in [6.45, 7) is 1.14. The maximum absolute atomic E-state index is 15.1. The summed E-state index contributed by atoms with van der Waals surface area (Å²) in [6, 6.07) is 13.6. The van der Waals surface area contributed by atoms with Crippen molar-refractivity contribution in [1.82, 2.24) is 0 Å². The number of allylic oxidation sites excluding steroid dienone is 1. The third-order valence-electron chi connectivity index (χ3n) is 7.61. The average molecular weight is 561 g/mol. The summed E-state index contributed by atoms with van der Waals surface area (Å²) >= 11 is 0. The average Bonchev–Trinajstić information content (AvgIpc) is 2.96. The highest BCUT2D eigenvalue weighted by Gasteiger charge is 2.25. The van der Waals surface area contributed by atoms with Crippen LogP contribution in [0.15, 0.2) is 60.4 Å². The zero-order valence-electron chi connectivity index (χ0n) is 22.6. The molecule has 2 unspecified atom stereocenters. The molecule has 2 atom stereocenters. The summed E-state index contributed by atoms with van der Waals surface area (Å²) in [5.74, 6) is -3.85. The van der Waals surface area contributed by atoms with Gasteiger partial charge in [0.15, 0.2) is 5.83 Å². The minimum Gasteiger partial charge on any atom is -0.378 e. The van der Waals surface area contributed by atoms with Crippen LogP contribution in [0.2, 0.25) is 0 Å². The van der Waals surface area contributed by atoms with Gasteiger partial charge in [-0.25, -0.2) is 26.3 Å². The fraction of sp³-hybridized carbons (Fsp3) is 0.394. The number of benzene rings is 3. The van der Waals surface area contributed by atoms with E-state index in [0.29, 0.717) is 61.0 Å². The maximum atomic E-state index is 15.1. The van der Waals surface area contributed by atoms with Crippen LogP contribution in [0.3, 0.4) is 0 Å². The minimum absolute atomic E-state index is 0.0785. The summed E-state index contributed by atoms with van der Waals surface area (Å²) in [5.41, 5.74) is 1.93. The Kier molecular flexibility index (Phi) is 10.5. The first-order valence-corrected chi connectivity index (χ1v) is 13.9. The molecule has 1 fully saturated rings. The van der Waals surface area contributed by atoms with Gasteiger partial charge in [0.1, 0.15) is 30.0 Å². The monoisotopic (exact) mass is 560 g/mol. The second kappa shape index (κ2) is 14.0. The van der Waals surface area contributed by atoms with E-state index in [2.05, 4.69) is 0 Å². The molecule has 214 valence electrons. The molecule has 1 saturated heterocycles. The molecule has 0 N–H and O–H groups in total. The third-order valence-corrected chi connectivity index (χ3v) is 7.61. The van der Waals surface area contributed by atoms with Crippen molar-refractivity contribution in [2.24, 2.45) is 0 Å². The molecule has 0 radical (unpaired) electrons. The van der Waals surface area contributed by atoms with Crippen LogP contribution >= 0.6 is 0 Å². The van der Waals surface area contributed by atoms with Crippen molar-refractivity contribution in [2.45, 2.75) is 77.0 Å². The second-order valence-electron chi connectivity index (χ2n) is 10.4. The van der Waals surface area contributed by atoms with Gasteiger partial charge in [0.05, 0.1) is 18.3 Å². The number of ether oxygens (including phenoxy) is 1. The van der Waals surface area contributed by atoms with Crippen LogP contribution in [-0.4, -0.2) is 12.7 Å². The minimum atomic E-state index is -1.19. The van der Waals surface area contributed by atoms with E-state index in [4.69, 9.17) is 4.74 Å². The molecule has 1 aliphatic heterocycles. The van der Waals surface area contributed by atoms with Crippen LogP contribution < -0.4 is 0 Å². The van der Waals surface area contributed by atoms with E-state index >= 15 is 4.39 Å². The number of rotatable bonds is 11. The fourth-order valence-corrected chi connectivity index (χ4v) is 5.18. The van der Waals surface area contributed by atoms with Crippen molar-refractivity contribution in [1.29, 1.82) is 0 Å². The Balaban J connectivity index is 1.33. The number of hydrogen-bond donors (Lipinski definition) is 0. The zero-order valence-corrected chi connectivity index (χ0v) is 22.6. The molecule has 1 aliphatic rings. The molecule has 1 nitrogen and oxygen atoms in total. The Morgan fingerprint density at radius 2 is 1.55 bits per heavy atom. The lowest BCUT2D eigenvalue weighted by molar-refractivity contribution is -0.00119. The van der Waals surface area contributed by atoms with Gasteiger partial charge in [-0.3, -0.25) is 0 Å². The molecule has 0 amide bonds. The standard InChI is InChI=1S/C33H34F6O/c1-2-3-4-5-29(35)33(39)23-9-7-22(8-10-23)24-12-15-27(32(38)18-24)25-11-14-26(40-20-25)13-6-21-16-30(36)28(19-34)31(37)17-21/h7-10,12,15-18,25-26H,2-6,11,13-14,19-20H2,1H3. The molecule has 7 heteroatoms. The molecule has 0 spiro atoms. The van der Waals surface area contributed by atoms with Gasteiger partial charge in [0, 0.05) is 17.9 Å². The second-order valence-corrected chi connectivity index (χ2v) is 10.4. The van der Waals surface area contributed by atoms with Crippen molar-refractivity contribution < 1.29 is 31.1 Å². The van der Waals surface area contributed by atoms with Crippen molar-refractivity contribution in [3.63, 3.8) is 0 Å². The van der Waals surface area contributed by atoms with Crippen LogP contribution in [0.4, 0.5) is 26.3 Å². The number of halogens is 6. The lowest BCUT2D eigenvalue weighted by atomic mass is 9.88. The Labute approximate surface area is 231 Å². The Morgan fingerprint density at radius 3 is 2.15 bits per heavy atom. The van der Waals surface area contributed by atoms with Crippen molar-refractivity contribution in [3.8, 4) is 11.1 Å². The van der Waals surface area contributed by atoms with Gasteiger partial charge in [-0.2, -0.15) is 0 Å². The van der Waals surface area contributed by atoms with Gasteiger partial charge in [0.2, 0.25) is 0 Å².